The smallest absolute Gasteiger partial charge is 0.407 e. The molecule has 45 heavy (non-hydrogen) atoms. The van der Waals surface area contributed by atoms with Crippen molar-refractivity contribution in [1.82, 2.24) is 5.32 Å². The molecular formula is C38H31NO6. The number of carboxylic acid groups (broad SMARTS) is 1. The van der Waals surface area contributed by atoms with E-state index in [0.29, 0.717) is 16.7 Å². The standard InChI is InChI=1S/C38H31NO6/c40-35(41)24-34(39-37(43)44-25-33-31-22-12-10-20-29(31)30-21-11-13-23-32(30)33)36(42)45-38(26-14-4-1-5-15-26,27-16-6-2-7-17-27)28-18-8-3-9-19-28/h1-23,33-34H,24-25H2,(H,39,43)(H,40,41)/t34-/m0/s1. The van der Waals surface area contributed by atoms with Crippen molar-refractivity contribution >= 4 is 18.0 Å². The molecule has 224 valence electrons. The third kappa shape index (κ3) is 5.93. The molecule has 0 aromatic heterocycles. The number of hydrogen-bond donors (Lipinski definition) is 2. The van der Waals surface area contributed by atoms with Crippen LogP contribution in [0.2, 0.25) is 0 Å². The number of carboxylic acids is 1. The molecule has 0 radical (unpaired) electrons. The van der Waals surface area contributed by atoms with Gasteiger partial charge in [0.25, 0.3) is 0 Å². The number of nitrogens with one attached hydrogen (secondary N) is 1. The van der Waals surface area contributed by atoms with E-state index in [4.69, 9.17) is 9.47 Å². The van der Waals surface area contributed by atoms with Crippen LogP contribution in [0.5, 0.6) is 0 Å². The quantitative estimate of drug-likeness (QED) is 0.134. The fourth-order valence-electron chi connectivity index (χ4n) is 6.07. The highest BCUT2D eigenvalue weighted by Crippen LogP contribution is 2.44. The largest absolute Gasteiger partial charge is 0.481 e. The number of benzene rings is 5. The summed E-state index contributed by atoms with van der Waals surface area (Å²) in [5, 5.41) is 12.2. The number of amides is 1. The van der Waals surface area contributed by atoms with Gasteiger partial charge in [0.2, 0.25) is 0 Å². The third-order valence-electron chi connectivity index (χ3n) is 8.09. The van der Waals surface area contributed by atoms with Crippen LogP contribution >= 0.6 is 0 Å². The summed E-state index contributed by atoms with van der Waals surface area (Å²) in [6, 6.07) is 42.1. The minimum atomic E-state index is -1.52. The number of carbonyl (C=O) groups is 3. The van der Waals surface area contributed by atoms with Crippen molar-refractivity contribution in [2.24, 2.45) is 0 Å². The second-order valence-corrected chi connectivity index (χ2v) is 10.8. The van der Waals surface area contributed by atoms with Gasteiger partial charge >= 0.3 is 18.0 Å². The Morgan fingerprint density at radius 1 is 0.644 bits per heavy atom. The van der Waals surface area contributed by atoms with Crippen LogP contribution in [0.1, 0.15) is 40.2 Å². The van der Waals surface area contributed by atoms with Crippen molar-refractivity contribution in [3.05, 3.63) is 167 Å². The molecule has 5 aromatic rings. The van der Waals surface area contributed by atoms with Gasteiger partial charge in [0.1, 0.15) is 12.6 Å². The summed E-state index contributed by atoms with van der Waals surface area (Å²) >= 11 is 0. The lowest BCUT2D eigenvalue weighted by Crippen LogP contribution is -2.47. The summed E-state index contributed by atoms with van der Waals surface area (Å²) in [6.45, 7) is 0.0106. The van der Waals surface area contributed by atoms with Crippen LogP contribution in [0.15, 0.2) is 140 Å². The normalized spacial score (nSPS) is 12.8. The number of alkyl carbamates (subject to hydrolysis) is 1. The molecule has 0 bridgehead atoms. The third-order valence-corrected chi connectivity index (χ3v) is 8.09. The molecule has 0 spiro atoms. The Balaban J connectivity index is 1.28. The second kappa shape index (κ2) is 12.9. The molecule has 1 amide bonds. The van der Waals surface area contributed by atoms with Gasteiger partial charge in [-0.25, -0.2) is 9.59 Å². The van der Waals surface area contributed by atoms with Crippen LogP contribution in [0.25, 0.3) is 11.1 Å². The van der Waals surface area contributed by atoms with Gasteiger partial charge in [-0.15, -0.1) is 0 Å². The van der Waals surface area contributed by atoms with Crippen molar-refractivity contribution < 1.29 is 29.0 Å². The van der Waals surface area contributed by atoms with Crippen molar-refractivity contribution in [3.63, 3.8) is 0 Å². The molecule has 0 unspecified atom stereocenters. The number of esters is 1. The molecule has 1 aliphatic rings. The van der Waals surface area contributed by atoms with Crippen molar-refractivity contribution in [2.45, 2.75) is 24.0 Å². The number of hydrogen-bond acceptors (Lipinski definition) is 5. The number of ether oxygens (including phenoxy) is 2. The maximum absolute atomic E-state index is 14.0. The zero-order chi connectivity index (χ0) is 31.2. The highest BCUT2D eigenvalue weighted by molar-refractivity contribution is 5.87. The van der Waals surface area contributed by atoms with Gasteiger partial charge in [0.05, 0.1) is 6.42 Å². The summed E-state index contributed by atoms with van der Waals surface area (Å²) in [7, 11) is 0. The highest BCUT2D eigenvalue weighted by atomic mass is 16.6. The minimum absolute atomic E-state index is 0.0106. The van der Waals surface area contributed by atoms with Gasteiger partial charge in [-0.1, -0.05) is 140 Å². The number of rotatable bonds is 10. The molecule has 0 saturated carbocycles. The first-order chi connectivity index (χ1) is 22.0. The Morgan fingerprint density at radius 3 is 1.51 bits per heavy atom. The first-order valence-electron chi connectivity index (χ1n) is 14.7. The van der Waals surface area contributed by atoms with E-state index in [1.165, 1.54) is 0 Å². The minimum Gasteiger partial charge on any atom is -0.481 e. The second-order valence-electron chi connectivity index (χ2n) is 10.8. The molecule has 7 nitrogen and oxygen atoms in total. The lowest BCUT2D eigenvalue weighted by Gasteiger charge is -2.36. The van der Waals surface area contributed by atoms with E-state index in [-0.39, 0.29) is 12.5 Å². The van der Waals surface area contributed by atoms with Crippen molar-refractivity contribution in [3.8, 4) is 11.1 Å². The van der Waals surface area contributed by atoms with E-state index in [9.17, 15) is 19.5 Å². The Morgan fingerprint density at radius 2 is 1.07 bits per heavy atom. The van der Waals surface area contributed by atoms with Crippen LogP contribution in [0, 0.1) is 0 Å². The SMILES string of the molecule is O=C(O)C[C@H](NC(=O)OCC1c2ccccc2-c2ccccc21)C(=O)OC(c1ccccc1)(c1ccccc1)c1ccccc1. The Kier molecular flexibility index (Phi) is 8.42. The van der Waals surface area contributed by atoms with E-state index in [0.717, 1.165) is 22.3 Å². The summed E-state index contributed by atoms with van der Waals surface area (Å²) in [5.41, 5.74) is 4.77. The molecule has 2 N–H and O–H groups in total. The van der Waals surface area contributed by atoms with Gasteiger partial charge in [-0.2, -0.15) is 0 Å². The topological polar surface area (TPSA) is 102 Å². The van der Waals surface area contributed by atoms with Gasteiger partial charge in [-0.3, -0.25) is 4.79 Å². The van der Waals surface area contributed by atoms with E-state index in [1.54, 1.807) is 0 Å². The molecule has 1 aliphatic carbocycles. The Labute approximate surface area is 261 Å². The van der Waals surface area contributed by atoms with Gasteiger partial charge in [0, 0.05) is 22.6 Å². The fraction of sp³-hybridized carbons (Fsp3) is 0.132. The summed E-state index contributed by atoms with van der Waals surface area (Å²) in [6.07, 6.45) is -1.61. The molecule has 0 fully saturated rings. The maximum atomic E-state index is 14.0. The van der Waals surface area contributed by atoms with Crippen molar-refractivity contribution in [1.29, 1.82) is 0 Å². The fourth-order valence-corrected chi connectivity index (χ4v) is 6.07. The molecule has 0 saturated heterocycles. The van der Waals surface area contributed by atoms with Crippen LogP contribution in [0.4, 0.5) is 4.79 Å². The Bertz CT molecular complexity index is 1660. The monoisotopic (exact) mass is 597 g/mol. The molecule has 7 heteroatoms. The lowest BCUT2D eigenvalue weighted by molar-refractivity contribution is -0.158. The van der Waals surface area contributed by atoms with Crippen LogP contribution in [-0.2, 0) is 24.7 Å². The number of aliphatic carboxylic acids is 1. The molecule has 0 aliphatic heterocycles. The Hall–Kier alpha value is -5.69. The van der Waals surface area contributed by atoms with Gasteiger partial charge in [-0.05, 0) is 22.3 Å². The number of carbonyl (C=O) groups excluding carboxylic acids is 2. The first kappa shape index (κ1) is 29.4. The van der Waals surface area contributed by atoms with Crippen LogP contribution < -0.4 is 5.32 Å². The lowest BCUT2D eigenvalue weighted by atomic mass is 9.80. The van der Waals surface area contributed by atoms with Gasteiger partial charge < -0.3 is 19.9 Å². The number of fused-ring (bicyclic) bond motifs is 3. The van der Waals surface area contributed by atoms with Crippen LogP contribution in [-0.4, -0.2) is 35.8 Å². The molecular weight excluding hydrogens is 566 g/mol. The zero-order valence-corrected chi connectivity index (χ0v) is 24.3. The predicted molar refractivity (Wildman–Crippen MR) is 170 cm³/mol. The zero-order valence-electron chi connectivity index (χ0n) is 24.3. The van der Waals surface area contributed by atoms with E-state index in [2.05, 4.69) is 5.32 Å². The molecule has 0 heterocycles. The van der Waals surface area contributed by atoms with Crippen LogP contribution in [0.3, 0.4) is 0 Å². The average Bonchev–Trinajstić information content (AvgIpc) is 3.40. The van der Waals surface area contributed by atoms with E-state index in [1.807, 2.05) is 140 Å². The summed E-state index contributed by atoms with van der Waals surface area (Å²) in [4.78, 5) is 39.1. The van der Waals surface area contributed by atoms with Crippen molar-refractivity contribution in [2.75, 3.05) is 6.61 Å². The maximum Gasteiger partial charge on any atom is 0.407 e. The average molecular weight is 598 g/mol. The van der Waals surface area contributed by atoms with Gasteiger partial charge in [0.15, 0.2) is 5.60 Å². The van der Waals surface area contributed by atoms with E-state index >= 15 is 0 Å². The predicted octanol–water partition coefficient (Wildman–Crippen LogP) is 6.90. The molecule has 6 rings (SSSR count). The first-order valence-corrected chi connectivity index (χ1v) is 14.7. The summed E-state index contributed by atoms with van der Waals surface area (Å²) < 4.78 is 12.0. The molecule has 1 atom stereocenters. The summed E-state index contributed by atoms with van der Waals surface area (Å²) in [5.74, 6) is -2.39. The molecule has 5 aromatic carbocycles. The van der Waals surface area contributed by atoms with E-state index < -0.39 is 36.1 Å². The highest BCUT2D eigenvalue weighted by Gasteiger charge is 2.43.